The van der Waals surface area contributed by atoms with Crippen molar-refractivity contribution in [1.82, 2.24) is 9.38 Å². The fourth-order valence-electron chi connectivity index (χ4n) is 2.16. The lowest BCUT2D eigenvalue weighted by molar-refractivity contribution is -0.0494. The normalized spacial score (nSPS) is 11.2. The molecule has 0 radical (unpaired) electrons. The zero-order valence-electron chi connectivity index (χ0n) is 10.8. The van der Waals surface area contributed by atoms with Crippen LogP contribution in [0.4, 0.5) is 8.78 Å². The van der Waals surface area contributed by atoms with Crippen LogP contribution in [0.15, 0.2) is 48.8 Å². The van der Waals surface area contributed by atoms with E-state index in [1.165, 1.54) is 6.07 Å². The van der Waals surface area contributed by atoms with Gasteiger partial charge in [-0.2, -0.15) is 8.78 Å². The first-order valence-electron chi connectivity index (χ1n) is 6.13. The monoisotopic (exact) mass is 274 g/mol. The smallest absolute Gasteiger partial charge is 0.387 e. The average Bonchev–Trinajstić information content (AvgIpc) is 2.84. The van der Waals surface area contributed by atoms with Gasteiger partial charge in [0.05, 0.1) is 5.69 Å². The fourth-order valence-corrected chi connectivity index (χ4v) is 2.16. The third kappa shape index (κ3) is 2.22. The number of benzene rings is 1. The molecule has 0 spiro atoms. The minimum Gasteiger partial charge on any atom is -0.434 e. The molecule has 0 aliphatic rings. The molecule has 3 rings (SSSR count). The Kier molecular flexibility index (Phi) is 3.10. The summed E-state index contributed by atoms with van der Waals surface area (Å²) in [5.41, 5.74) is 2.98. The van der Waals surface area contributed by atoms with E-state index in [2.05, 4.69) is 9.72 Å². The van der Waals surface area contributed by atoms with Gasteiger partial charge >= 0.3 is 6.61 Å². The zero-order valence-corrected chi connectivity index (χ0v) is 10.8. The van der Waals surface area contributed by atoms with Crippen molar-refractivity contribution < 1.29 is 13.5 Å². The van der Waals surface area contributed by atoms with Gasteiger partial charge in [0.2, 0.25) is 0 Å². The van der Waals surface area contributed by atoms with Gasteiger partial charge < -0.3 is 9.14 Å². The molecule has 0 saturated heterocycles. The number of alkyl halides is 2. The minimum absolute atomic E-state index is 0.128. The Hall–Kier alpha value is -2.43. The van der Waals surface area contributed by atoms with Crippen LogP contribution in [0.25, 0.3) is 16.9 Å². The van der Waals surface area contributed by atoms with Crippen molar-refractivity contribution in [3.63, 3.8) is 0 Å². The van der Waals surface area contributed by atoms with Crippen LogP contribution < -0.4 is 4.74 Å². The van der Waals surface area contributed by atoms with Crippen molar-refractivity contribution in [2.75, 3.05) is 0 Å². The number of pyridine rings is 1. The van der Waals surface area contributed by atoms with Gasteiger partial charge in [-0.3, -0.25) is 0 Å². The van der Waals surface area contributed by atoms with Gasteiger partial charge in [0, 0.05) is 18.0 Å². The molecular formula is C15H12F2N2O. The van der Waals surface area contributed by atoms with Crippen molar-refractivity contribution in [3.8, 4) is 17.0 Å². The molecule has 3 aromatic rings. The van der Waals surface area contributed by atoms with Crippen LogP contribution in [0.2, 0.25) is 0 Å². The molecule has 3 nitrogen and oxygen atoms in total. The average molecular weight is 274 g/mol. The molecule has 0 aliphatic heterocycles. The van der Waals surface area contributed by atoms with Gasteiger partial charge in [0.25, 0.3) is 0 Å². The molecule has 0 saturated carbocycles. The first kappa shape index (κ1) is 12.6. The summed E-state index contributed by atoms with van der Waals surface area (Å²) in [7, 11) is 0. The molecule has 0 unspecified atom stereocenters. The predicted molar refractivity (Wildman–Crippen MR) is 72.0 cm³/mol. The molecule has 0 amide bonds. The van der Waals surface area contributed by atoms with Crippen LogP contribution >= 0.6 is 0 Å². The maximum absolute atomic E-state index is 12.4. The number of nitrogens with zero attached hydrogens (tertiary/aromatic N) is 2. The van der Waals surface area contributed by atoms with E-state index >= 15 is 0 Å². The summed E-state index contributed by atoms with van der Waals surface area (Å²) in [6.07, 6.45) is 3.67. The number of hydrogen-bond donors (Lipinski definition) is 0. The van der Waals surface area contributed by atoms with Gasteiger partial charge in [-0.1, -0.05) is 18.2 Å². The number of para-hydroxylation sites is 1. The van der Waals surface area contributed by atoms with Crippen LogP contribution in [0.5, 0.6) is 5.75 Å². The molecule has 0 atom stereocenters. The molecule has 0 N–H and O–H groups in total. The number of aromatic nitrogens is 2. The molecule has 2 aromatic heterocycles. The van der Waals surface area contributed by atoms with Gasteiger partial charge in [0.1, 0.15) is 11.4 Å². The van der Waals surface area contributed by atoms with Crippen LogP contribution in [0.3, 0.4) is 0 Å². The Balaban J connectivity index is 2.13. The molecule has 5 heteroatoms. The maximum atomic E-state index is 12.4. The Bertz CT molecular complexity index is 752. The fraction of sp³-hybridized carbons (Fsp3) is 0.133. The topological polar surface area (TPSA) is 26.5 Å². The van der Waals surface area contributed by atoms with Gasteiger partial charge in [0.15, 0.2) is 0 Å². The van der Waals surface area contributed by atoms with E-state index in [1.54, 1.807) is 24.4 Å². The number of halogens is 2. The van der Waals surface area contributed by atoms with E-state index in [4.69, 9.17) is 0 Å². The molecule has 1 aromatic carbocycles. The summed E-state index contributed by atoms with van der Waals surface area (Å²) < 4.78 is 31.3. The van der Waals surface area contributed by atoms with Gasteiger partial charge in [-0.25, -0.2) is 4.98 Å². The highest BCUT2D eigenvalue weighted by Crippen LogP contribution is 2.30. The highest BCUT2D eigenvalue weighted by atomic mass is 19.3. The molecule has 0 bridgehead atoms. The van der Waals surface area contributed by atoms with E-state index in [-0.39, 0.29) is 5.75 Å². The number of imidazole rings is 1. The van der Waals surface area contributed by atoms with Crippen molar-refractivity contribution in [3.05, 3.63) is 54.4 Å². The first-order valence-corrected chi connectivity index (χ1v) is 6.13. The lowest BCUT2D eigenvalue weighted by atomic mass is 10.1. The van der Waals surface area contributed by atoms with Gasteiger partial charge in [-0.15, -0.1) is 0 Å². The SMILES string of the molecule is Cc1cccn2cc(-c3ccccc3OC(F)F)nc12. The third-order valence-electron chi connectivity index (χ3n) is 3.06. The number of rotatable bonds is 3. The standard InChI is InChI=1S/C15H12F2N2O/c1-10-5-4-8-19-9-12(18-14(10)19)11-6-2-3-7-13(11)20-15(16)17/h2-9,15H,1H3. The molecule has 0 aliphatic carbocycles. The van der Waals surface area contributed by atoms with E-state index in [0.717, 1.165) is 11.2 Å². The highest BCUT2D eigenvalue weighted by Gasteiger charge is 2.13. The van der Waals surface area contributed by atoms with E-state index in [1.807, 2.05) is 29.7 Å². The minimum atomic E-state index is -2.85. The summed E-state index contributed by atoms with van der Waals surface area (Å²) in [4.78, 5) is 4.49. The zero-order chi connectivity index (χ0) is 14.1. The molecule has 20 heavy (non-hydrogen) atoms. The number of fused-ring (bicyclic) bond motifs is 1. The van der Waals surface area contributed by atoms with Crippen molar-refractivity contribution in [1.29, 1.82) is 0 Å². The highest BCUT2D eigenvalue weighted by molar-refractivity contribution is 5.69. The van der Waals surface area contributed by atoms with E-state index in [0.29, 0.717) is 11.3 Å². The lowest BCUT2D eigenvalue weighted by Crippen LogP contribution is -2.03. The first-order chi connectivity index (χ1) is 9.65. The van der Waals surface area contributed by atoms with Crippen LogP contribution in [-0.4, -0.2) is 16.0 Å². The van der Waals surface area contributed by atoms with E-state index in [9.17, 15) is 8.78 Å². The van der Waals surface area contributed by atoms with Crippen molar-refractivity contribution >= 4 is 5.65 Å². The van der Waals surface area contributed by atoms with Crippen LogP contribution in [0.1, 0.15) is 5.56 Å². The van der Waals surface area contributed by atoms with Crippen LogP contribution in [0, 0.1) is 6.92 Å². The molecular weight excluding hydrogens is 262 g/mol. The summed E-state index contributed by atoms with van der Waals surface area (Å²) in [5, 5.41) is 0. The van der Waals surface area contributed by atoms with Crippen molar-refractivity contribution in [2.24, 2.45) is 0 Å². The predicted octanol–water partition coefficient (Wildman–Crippen LogP) is 3.91. The summed E-state index contributed by atoms with van der Waals surface area (Å²) >= 11 is 0. The largest absolute Gasteiger partial charge is 0.434 e. The summed E-state index contributed by atoms with van der Waals surface area (Å²) in [5.74, 6) is 0.128. The molecule has 2 heterocycles. The van der Waals surface area contributed by atoms with E-state index < -0.39 is 6.61 Å². The number of hydrogen-bond acceptors (Lipinski definition) is 2. The third-order valence-corrected chi connectivity index (χ3v) is 3.06. The second-order valence-corrected chi connectivity index (χ2v) is 4.42. The summed E-state index contributed by atoms with van der Waals surface area (Å²) in [6, 6.07) is 10.5. The second kappa shape index (κ2) is 4.92. The summed E-state index contributed by atoms with van der Waals surface area (Å²) in [6.45, 7) is -0.900. The Morgan fingerprint density at radius 3 is 2.70 bits per heavy atom. The lowest BCUT2D eigenvalue weighted by Gasteiger charge is -2.08. The quantitative estimate of drug-likeness (QED) is 0.724. The Labute approximate surface area is 114 Å². The van der Waals surface area contributed by atoms with Crippen molar-refractivity contribution in [2.45, 2.75) is 13.5 Å². The molecule has 102 valence electrons. The number of aryl methyl sites for hydroxylation is 1. The molecule has 0 fully saturated rings. The van der Waals surface area contributed by atoms with Crippen LogP contribution in [-0.2, 0) is 0 Å². The number of ether oxygens (including phenoxy) is 1. The second-order valence-electron chi connectivity index (χ2n) is 4.42. The maximum Gasteiger partial charge on any atom is 0.387 e. The Morgan fingerprint density at radius 2 is 1.95 bits per heavy atom. The Morgan fingerprint density at radius 1 is 1.15 bits per heavy atom. The van der Waals surface area contributed by atoms with Gasteiger partial charge in [-0.05, 0) is 30.7 Å².